The van der Waals surface area contributed by atoms with Crippen molar-refractivity contribution >= 4 is 21.6 Å². The fourth-order valence-corrected chi connectivity index (χ4v) is 5.30. The number of likely N-dealkylation sites (tertiary alicyclic amines) is 1. The molecule has 1 saturated heterocycles. The third kappa shape index (κ3) is 4.85. The Kier molecular flexibility index (Phi) is 5.96. The molecule has 2 heterocycles. The van der Waals surface area contributed by atoms with Gasteiger partial charge >= 0.3 is 0 Å². The Morgan fingerprint density at radius 3 is 2.48 bits per heavy atom. The Morgan fingerprint density at radius 2 is 1.76 bits per heavy atom. The summed E-state index contributed by atoms with van der Waals surface area (Å²) >= 11 is 6.02. The van der Waals surface area contributed by atoms with Gasteiger partial charge in [0.25, 0.3) is 0 Å². The van der Waals surface area contributed by atoms with Gasteiger partial charge in [-0.05, 0) is 29.2 Å². The summed E-state index contributed by atoms with van der Waals surface area (Å²) in [4.78, 5) is 6.16. The van der Waals surface area contributed by atoms with Crippen LogP contribution < -0.4 is 4.72 Å². The number of pyridine rings is 1. The van der Waals surface area contributed by atoms with Gasteiger partial charge in [0.15, 0.2) is 0 Å². The van der Waals surface area contributed by atoms with E-state index >= 15 is 0 Å². The van der Waals surface area contributed by atoms with Crippen LogP contribution in [0.1, 0.15) is 12.0 Å². The van der Waals surface area contributed by atoms with E-state index in [1.54, 1.807) is 0 Å². The fraction of sp³-hybridized carbons (Fsp3) is 0.227. The van der Waals surface area contributed by atoms with Gasteiger partial charge in [-0.25, -0.2) is 13.1 Å². The molecule has 0 unspecified atom stereocenters. The average molecular weight is 428 g/mol. The summed E-state index contributed by atoms with van der Waals surface area (Å²) in [5, 5.41) is 0.181. The van der Waals surface area contributed by atoms with Crippen molar-refractivity contribution in [2.75, 3.05) is 13.1 Å². The van der Waals surface area contributed by atoms with Crippen molar-refractivity contribution in [3.8, 4) is 11.1 Å². The summed E-state index contributed by atoms with van der Waals surface area (Å²) in [7, 11) is -3.68. The first-order chi connectivity index (χ1) is 14.0. The van der Waals surface area contributed by atoms with E-state index in [1.807, 2.05) is 18.2 Å². The quantitative estimate of drug-likeness (QED) is 0.646. The minimum Gasteiger partial charge on any atom is -0.297 e. The number of rotatable bonds is 6. The second kappa shape index (κ2) is 8.63. The molecule has 0 spiro atoms. The van der Waals surface area contributed by atoms with Crippen molar-refractivity contribution in [3.05, 3.63) is 83.6 Å². The average Bonchev–Trinajstić information content (AvgIpc) is 3.15. The van der Waals surface area contributed by atoms with Gasteiger partial charge in [0.1, 0.15) is 4.90 Å². The zero-order chi connectivity index (χ0) is 20.3. The molecule has 2 aromatic carbocycles. The lowest BCUT2D eigenvalue weighted by molar-refractivity contribution is 0.324. The molecule has 0 radical (unpaired) electrons. The second-order valence-electron chi connectivity index (χ2n) is 7.21. The van der Waals surface area contributed by atoms with Gasteiger partial charge in [0.2, 0.25) is 10.0 Å². The molecule has 1 aromatic heterocycles. The van der Waals surface area contributed by atoms with E-state index in [0.29, 0.717) is 6.54 Å². The molecule has 1 aliphatic heterocycles. The normalized spacial score (nSPS) is 17.5. The van der Waals surface area contributed by atoms with Crippen molar-refractivity contribution in [2.45, 2.75) is 23.9 Å². The van der Waals surface area contributed by atoms with Crippen LogP contribution in [0.5, 0.6) is 0 Å². The first-order valence-corrected chi connectivity index (χ1v) is 11.4. The van der Waals surface area contributed by atoms with Crippen LogP contribution in [0.3, 0.4) is 0 Å². The maximum absolute atomic E-state index is 12.6. The Labute approximate surface area is 176 Å². The van der Waals surface area contributed by atoms with E-state index in [0.717, 1.165) is 19.5 Å². The highest BCUT2D eigenvalue weighted by Gasteiger charge is 2.28. The van der Waals surface area contributed by atoms with Crippen molar-refractivity contribution in [1.29, 1.82) is 0 Å². The third-order valence-electron chi connectivity index (χ3n) is 5.09. The number of sulfonamides is 1. The number of hydrogen-bond acceptors (Lipinski definition) is 4. The van der Waals surface area contributed by atoms with Crippen LogP contribution >= 0.6 is 11.6 Å². The first-order valence-electron chi connectivity index (χ1n) is 9.50. The molecule has 1 aliphatic rings. The number of halogens is 1. The summed E-state index contributed by atoms with van der Waals surface area (Å²) in [5.74, 6) is 0. The van der Waals surface area contributed by atoms with Crippen molar-refractivity contribution in [1.82, 2.24) is 14.6 Å². The van der Waals surface area contributed by atoms with Crippen LogP contribution in [0.4, 0.5) is 0 Å². The lowest BCUT2D eigenvalue weighted by atomic mass is 10.0. The summed E-state index contributed by atoms with van der Waals surface area (Å²) in [5.41, 5.74) is 3.60. The van der Waals surface area contributed by atoms with Crippen LogP contribution in [0, 0.1) is 0 Å². The molecular formula is C22H22ClN3O2S. The molecular weight excluding hydrogens is 406 g/mol. The molecule has 1 fully saturated rings. The highest BCUT2D eigenvalue weighted by molar-refractivity contribution is 7.89. The van der Waals surface area contributed by atoms with Gasteiger partial charge < -0.3 is 0 Å². The van der Waals surface area contributed by atoms with E-state index in [9.17, 15) is 8.42 Å². The smallest absolute Gasteiger partial charge is 0.243 e. The molecule has 0 aliphatic carbocycles. The molecule has 1 N–H and O–H groups in total. The van der Waals surface area contributed by atoms with Crippen molar-refractivity contribution in [2.24, 2.45) is 0 Å². The monoisotopic (exact) mass is 427 g/mol. The molecule has 7 heteroatoms. The summed E-state index contributed by atoms with van der Waals surface area (Å²) in [6.07, 6.45) is 3.52. The van der Waals surface area contributed by atoms with E-state index in [2.05, 4.69) is 51.0 Å². The Bertz CT molecular complexity index is 1070. The third-order valence-corrected chi connectivity index (χ3v) is 7.07. The SMILES string of the molecule is O=S(=O)(N[C@@H]1CCN(Cc2ccc(-c3ccccc3)cc2)C1)c1cnccc1Cl. The predicted molar refractivity (Wildman–Crippen MR) is 115 cm³/mol. The highest BCUT2D eigenvalue weighted by atomic mass is 35.5. The van der Waals surface area contributed by atoms with Gasteiger partial charge in [-0.15, -0.1) is 0 Å². The van der Waals surface area contributed by atoms with E-state index in [1.165, 1.54) is 35.2 Å². The summed E-state index contributed by atoms with van der Waals surface area (Å²) in [6, 6.07) is 20.2. The van der Waals surface area contributed by atoms with E-state index in [4.69, 9.17) is 11.6 Å². The van der Waals surface area contributed by atoms with Gasteiger partial charge in [-0.1, -0.05) is 66.2 Å². The van der Waals surface area contributed by atoms with Crippen LogP contribution in [0.15, 0.2) is 78.0 Å². The topological polar surface area (TPSA) is 62.3 Å². The maximum Gasteiger partial charge on any atom is 0.243 e. The van der Waals surface area contributed by atoms with Crippen LogP contribution in [-0.4, -0.2) is 37.4 Å². The van der Waals surface area contributed by atoms with E-state index in [-0.39, 0.29) is 16.0 Å². The standard InChI is InChI=1S/C22H22ClN3O2S/c23-21-10-12-24-14-22(21)29(27,28)25-20-11-13-26(16-20)15-17-6-8-19(9-7-17)18-4-2-1-3-5-18/h1-10,12,14,20,25H,11,13,15-16H2/t20-/m1/s1. The fourth-order valence-electron chi connectivity index (χ4n) is 3.61. The molecule has 5 nitrogen and oxygen atoms in total. The number of benzene rings is 2. The minimum atomic E-state index is -3.68. The minimum absolute atomic E-state index is 0.0246. The van der Waals surface area contributed by atoms with Gasteiger partial charge in [0.05, 0.1) is 5.02 Å². The van der Waals surface area contributed by atoms with Crippen molar-refractivity contribution < 1.29 is 8.42 Å². The summed E-state index contributed by atoms with van der Waals surface area (Å²) < 4.78 is 27.9. The lowest BCUT2D eigenvalue weighted by Gasteiger charge is -2.17. The molecule has 0 saturated carbocycles. The zero-order valence-corrected chi connectivity index (χ0v) is 17.4. The molecule has 29 heavy (non-hydrogen) atoms. The Hall–Kier alpha value is -2.25. The maximum atomic E-state index is 12.6. The van der Waals surface area contributed by atoms with Gasteiger partial charge in [-0.2, -0.15) is 0 Å². The van der Waals surface area contributed by atoms with Crippen molar-refractivity contribution in [3.63, 3.8) is 0 Å². The lowest BCUT2D eigenvalue weighted by Crippen LogP contribution is -2.37. The summed E-state index contributed by atoms with van der Waals surface area (Å²) in [6.45, 7) is 2.30. The predicted octanol–water partition coefficient (Wildman–Crippen LogP) is 3.95. The molecule has 4 rings (SSSR count). The highest BCUT2D eigenvalue weighted by Crippen LogP contribution is 2.23. The van der Waals surface area contributed by atoms with Gasteiger partial charge in [-0.3, -0.25) is 9.88 Å². The molecule has 3 aromatic rings. The van der Waals surface area contributed by atoms with Crippen LogP contribution in [0.25, 0.3) is 11.1 Å². The molecule has 0 bridgehead atoms. The molecule has 150 valence electrons. The first kappa shape index (κ1) is 20.0. The van der Waals surface area contributed by atoms with Gasteiger partial charge in [0, 0.05) is 38.1 Å². The number of nitrogens with zero attached hydrogens (tertiary/aromatic N) is 2. The van der Waals surface area contributed by atoms with E-state index < -0.39 is 10.0 Å². The Morgan fingerprint density at radius 1 is 1.03 bits per heavy atom. The number of aromatic nitrogens is 1. The molecule has 0 amide bonds. The van der Waals surface area contributed by atoms with Crippen LogP contribution in [-0.2, 0) is 16.6 Å². The number of nitrogens with one attached hydrogen (secondary N) is 1. The largest absolute Gasteiger partial charge is 0.297 e. The molecule has 1 atom stereocenters. The van der Waals surface area contributed by atoms with Crippen LogP contribution in [0.2, 0.25) is 5.02 Å². The number of hydrogen-bond donors (Lipinski definition) is 1. The Balaban J connectivity index is 1.36. The second-order valence-corrected chi connectivity index (χ2v) is 9.30. The zero-order valence-electron chi connectivity index (χ0n) is 15.8.